The third-order valence-corrected chi connectivity index (χ3v) is 2.70. The van der Waals surface area contributed by atoms with E-state index in [-0.39, 0.29) is 6.54 Å². The molecule has 0 amide bonds. The van der Waals surface area contributed by atoms with Gasteiger partial charge >= 0.3 is 6.18 Å². The second kappa shape index (κ2) is 6.64. The molecule has 18 heavy (non-hydrogen) atoms. The van der Waals surface area contributed by atoms with E-state index in [1.54, 1.807) is 11.0 Å². The molecule has 102 valence electrons. The minimum Gasteiger partial charge on any atom is -0.398 e. The van der Waals surface area contributed by atoms with Crippen molar-refractivity contribution in [1.29, 1.82) is 0 Å². The molecule has 0 fully saturated rings. The first kappa shape index (κ1) is 14.8. The SMILES string of the molecule is CCCN(CCC(F)(F)F)Cc1ccccc1N. The highest BCUT2D eigenvalue weighted by Crippen LogP contribution is 2.21. The average molecular weight is 260 g/mol. The Morgan fingerprint density at radius 3 is 2.39 bits per heavy atom. The zero-order valence-electron chi connectivity index (χ0n) is 10.5. The van der Waals surface area contributed by atoms with Crippen molar-refractivity contribution in [2.24, 2.45) is 0 Å². The number of rotatable bonds is 6. The Hall–Kier alpha value is -1.23. The van der Waals surface area contributed by atoms with Gasteiger partial charge in [0.05, 0.1) is 6.42 Å². The molecule has 0 bridgehead atoms. The van der Waals surface area contributed by atoms with Crippen LogP contribution in [0.3, 0.4) is 0 Å². The van der Waals surface area contributed by atoms with Crippen molar-refractivity contribution >= 4 is 5.69 Å². The Kier molecular flexibility index (Phi) is 5.47. The summed E-state index contributed by atoms with van der Waals surface area (Å²) in [5.41, 5.74) is 7.31. The third-order valence-electron chi connectivity index (χ3n) is 2.70. The van der Waals surface area contributed by atoms with Gasteiger partial charge in [0, 0.05) is 18.8 Å². The summed E-state index contributed by atoms with van der Waals surface area (Å²) in [6.07, 6.45) is -4.06. The number of anilines is 1. The van der Waals surface area contributed by atoms with Crippen LogP contribution in [0.15, 0.2) is 24.3 Å². The summed E-state index contributed by atoms with van der Waals surface area (Å²) in [7, 11) is 0. The number of hydrogen-bond donors (Lipinski definition) is 1. The monoisotopic (exact) mass is 260 g/mol. The molecule has 0 aliphatic rings. The van der Waals surface area contributed by atoms with E-state index >= 15 is 0 Å². The fourth-order valence-corrected chi connectivity index (χ4v) is 1.79. The van der Waals surface area contributed by atoms with Crippen LogP contribution < -0.4 is 5.73 Å². The predicted molar refractivity (Wildman–Crippen MR) is 67.1 cm³/mol. The molecule has 0 aliphatic heterocycles. The molecule has 5 heteroatoms. The maximum atomic E-state index is 12.2. The topological polar surface area (TPSA) is 29.3 Å². The number of halogens is 3. The fourth-order valence-electron chi connectivity index (χ4n) is 1.79. The number of alkyl halides is 3. The standard InChI is InChI=1S/C13H19F3N2/c1-2-8-18(9-7-13(14,15)16)10-11-5-3-4-6-12(11)17/h3-6H,2,7-10,17H2,1H3. The zero-order chi connectivity index (χ0) is 13.6. The van der Waals surface area contributed by atoms with Gasteiger partial charge in [-0.05, 0) is 24.6 Å². The van der Waals surface area contributed by atoms with Crippen molar-refractivity contribution in [1.82, 2.24) is 4.90 Å². The van der Waals surface area contributed by atoms with E-state index in [1.165, 1.54) is 0 Å². The first-order valence-electron chi connectivity index (χ1n) is 6.05. The van der Waals surface area contributed by atoms with Crippen molar-refractivity contribution in [2.45, 2.75) is 32.5 Å². The molecule has 2 N–H and O–H groups in total. The lowest BCUT2D eigenvalue weighted by Crippen LogP contribution is -2.29. The van der Waals surface area contributed by atoms with E-state index in [0.29, 0.717) is 18.8 Å². The lowest BCUT2D eigenvalue weighted by atomic mass is 10.1. The van der Waals surface area contributed by atoms with Crippen molar-refractivity contribution in [3.05, 3.63) is 29.8 Å². The van der Waals surface area contributed by atoms with E-state index in [0.717, 1.165) is 12.0 Å². The van der Waals surface area contributed by atoms with Gasteiger partial charge in [-0.1, -0.05) is 25.1 Å². The normalized spacial score (nSPS) is 12.1. The quantitative estimate of drug-likeness (QED) is 0.794. The molecule has 0 unspecified atom stereocenters. The maximum absolute atomic E-state index is 12.2. The molecule has 0 aromatic heterocycles. The van der Waals surface area contributed by atoms with Gasteiger partial charge in [0.2, 0.25) is 0 Å². The first-order chi connectivity index (χ1) is 8.42. The number of nitrogens with two attached hydrogens (primary N) is 1. The van der Waals surface area contributed by atoms with Gasteiger partial charge < -0.3 is 5.73 Å². The minimum atomic E-state index is -4.10. The number of hydrogen-bond acceptors (Lipinski definition) is 2. The lowest BCUT2D eigenvalue weighted by Gasteiger charge is -2.23. The highest BCUT2D eigenvalue weighted by atomic mass is 19.4. The van der Waals surface area contributed by atoms with Gasteiger partial charge in [-0.2, -0.15) is 13.2 Å². The Balaban J connectivity index is 2.60. The summed E-state index contributed by atoms with van der Waals surface area (Å²) >= 11 is 0. The molecule has 0 spiro atoms. The smallest absolute Gasteiger partial charge is 0.390 e. The number of nitrogens with zero attached hydrogens (tertiary/aromatic N) is 1. The number of benzene rings is 1. The highest BCUT2D eigenvalue weighted by molar-refractivity contribution is 5.46. The van der Waals surface area contributed by atoms with Gasteiger partial charge in [-0.3, -0.25) is 4.90 Å². The van der Waals surface area contributed by atoms with E-state index in [2.05, 4.69) is 0 Å². The van der Waals surface area contributed by atoms with Gasteiger partial charge in [0.1, 0.15) is 0 Å². The molecule has 0 saturated heterocycles. The van der Waals surface area contributed by atoms with Gasteiger partial charge in [-0.15, -0.1) is 0 Å². The number of para-hydroxylation sites is 1. The van der Waals surface area contributed by atoms with Crippen molar-refractivity contribution in [3.63, 3.8) is 0 Å². The molecular weight excluding hydrogens is 241 g/mol. The molecule has 0 radical (unpaired) electrons. The molecule has 0 heterocycles. The summed E-state index contributed by atoms with van der Waals surface area (Å²) in [6, 6.07) is 7.28. The summed E-state index contributed by atoms with van der Waals surface area (Å²) < 4.78 is 36.7. The van der Waals surface area contributed by atoms with E-state index in [9.17, 15) is 13.2 Å². The Labute approximate surface area is 106 Å². The third kappa shape index (κ3) is 5.40. The second-order valence-electron chi connectivity index (χ2n) is 4.34. The zero-order valence-corrected chi connectivity index (χ0v) is 10.5. The van der Waals surface area contributed by atoms with Crippen LogP contribution in [0.2, 0.25) is 0 Å². The van der Waals surface area contributed by atoms with E-state index in [4.69, 9.17) is 5.73 Å². The van der Waals surface area contributed by atoms with Crippen LogP contribution in [-0.2, 0) is 6.54 Å². The second-order valence-corrected chi connectivity index (χ2v) is 4.34. The van der Waals surface area contributed by atoms with Crippen LogP contribution in [0.25, 0.3) is 0 Å². The van der Waals surface area contributed by atoms with Crippen LogP contribution in [0.5, 0.6) is 0 Å². The van der Waals surface area contributed by atoms with Crippen LogP contribution in [-0.4, -0.2) is 24.2 Å². The van der Waals surface area contributed by atoms with Crippen molar-refractivity contribution < 1.29 is 13.2 Å². The molecule has 0 saturated carbocycles. The predicted octanol–water partition coefficient (Wildman–Crippen LogP) is 3.43. The average Bonchev–Trinajstić information content (AvgIpc) is 2.28. The van der Waals surface area contributed by atoms with Crippen LogP contribution in [0, 0.1) is 0 Å². The van der Waals surface area contributed by atoms with Crippen molar-refractivity contribution in [2.75, 3.05) is 18.8 Å². The van der Waals surface area contributed by atoms with Gasteiger partial charge in [-0.25, -0.2) is 0 Å². The van der Waals surface area contributed by atoms with Crippen LogP contribution in [0.1, 0.15) is 25.3 Å². The van der Waals surface area contributed by atoms with Crippen LogP contribution in [0.4, 0.5) is 18.9 Å². The van der Waals surface area contributed by atoms with Crippen LogP contribution >= 0.6 is 0 Å². The highest BCUT2D eigenvalue weighted by Gasteiger charge is 2.27. The van der Waals surface area contributed by atoms with Gasteiger partial charge in [0.25, 0.3) is 0 Å². The van der Waals surface area contributed by atoms with Gasteiger partial charge in [0.15, 0.2) is 0 Å². The molecule has 1 rings (SSSR count). The van der Waals surface area contributed by atoms with Crippen molar-refractivity contribution in [3.8, 4) is 0 Å². The Morgan fingerprint density at radius 2 is 1.83 bits per heavy atom. The summed E-state index contributed by atoms with van der Waals surface area (Å²) in [5, 5.41) is 0. The molecule has 2 nitrogen and oxygen atoms in total. The maximum Gasteiger partial charge on any atom is 0.390 e. The first-order valence-corrected chi connectivity index (χ1v) is 6.05. The molecule has 0 atom stereocenters. The molecule has 1 aromatic carbocycles. The Morgan fingerprint density at radius 1 is 1.17 bits per heavy atom. The largest absolute Gasteiger partial charge is 0.398 e. The van der Waals surface area contributed by atoms with E-state index < -0.39 is 12.6 Å². The fraction of sp³-hybridized carbons (Fsp3) is 0.538. The molecular formula is C13H19F3N2. The number of nitrogen functional groups attached to an aromatic ring is 1. The summed E-state index contributed by atoms with van der Waals surface area (Å²) in [4.78, 5) is 1.79. The summed E-state index contributed by atoms with van der Waals surface area (Å²) in [5.74, 6) is 0. The van der Waals surface area contributed by atoms with E-state index in [1.807, 2.05) is 25.1 Å². The minimum absolute atomic E-state index is 0.0195. The Bertz CT molecular complexity index is 363. The summed E-state index contributed by atoms with van der Waals surface area (Å²) in [6.45, 7) is 3.08. The molecule has 1 aromatic rings. The lowest BCUT2D eigenvalue weighted by molar-refractivity contribution is -0.138. The molecule has 0 aliphatic carbocycles.